The van der Waals surface area contributed by atoms with Crippen LogP contribution in [0.25, 0.3) is 21.8 Å². The molecule has 8 fully saturated rings. The lowest BCUT2D eigenvalue weighted by Gasteiger charge is -2.35. The maximum absolute atomic E-state index is 13.3. The van der Waals surface area contributed by atoms with Crippen molar-refractivity contribution >= 4 is 93.2 Å². The van der Waals surface area contributed by atoms with Crippen LogP contribution in [0.3, 0.4) is 0 Å². The van der Waals surface area contributed by atoms with E-state index in [4.69, 9.17) is 4.74 Å². The van der Waals surface area contributed by atoms with Crippen molar-refractivity contribution in [2.24, 2.45) is 23.7 Å². The smallest absolute Gasteiger partial charge is 0.326 e. The molecule has 122 heavy (non-hydrogen) atoms. The van der Waals surface area contributed by atoms with Crippen LogP contribution in [-0.2, 0) is 88.0 Å². The molecule has 20 atom stereocenters. The van der Waals surface area contributed by atoms with E-state index in [0.717, 1.165) is 147 Å². The van der Waals surface area contributed by atoms with Gasteiger partial charge < -0.3 is 70.1 Å². The zero-order chi connectivity index (χ0) is 87.6. The number of carboxylic acid groups (broad SMARTS) is 7. The SMILES string of the molecule is CCOC(=O)[C@H](Cc1ccccc1)N[C@@H](C)C(=O)N1[C@H](C(=O)O)C[C@H]2CCCC[C@@H]21.C[C@H](N[C@@H](CCc1c[nH]c2ccccc12)C(=O)O)C(=O)N1[C@H](C(=O)O)C[C@H]2CCCC[C@@H]21.C[C@H](N[C@@H](CCc1c[nH]c2ccccc12)C(=O)O)C(=O)N1[C@H](C(=O)O)C[C@H]2CCCC[C@@H]21.C[C@H](N[C@@H](Cc1ccccc1)C(=O)O)C(=O)N1[C@H](C(=O)O)C[C@H]2CCCC[C@@H]21. The Bertz CT molecular complexity index is 4460. The van der Waals surface area contributed by atoms with Gasteiger partial charge in [0.15, 0.2) is 0 Å². The highest BCUT2D eigenvalue weighted by molar-refractivity contribution is 5.92. The van der Waals surface area contributed by atoms with E-state index in [1.807, 2.05) is 122 Å². The second kappa shape index (κ2) is 43.0. The minimum Gasteiger partial charge on any atom is -0.480 e. The topological polar surface area (TPSA) is 448 Å². The molecule has 660 valence electrons. The molecule has 8 aliphatic rings. The Kier molecular flexibility index (Phi) is 32.5. The fraction of sp³-hybridized carbons (Fsp3) is 0.565. The number of H-pyrrole nitrogens is 2. The van der Waals surface area contributed by atoms with Crippen LogP contribution < -0.4 is 21.3 Å². The minimum atomic E-state index is -1.03. The van der Waals surface area contributed by atoms with Crippen LogP contribution in [-0.4, -0.2) is 240 Å². The average Bonchev–Trinajstić information content (AvgIpc) is 1.64. The summed E-state index contributed by atoms with van der Waals surface area (Å²) < 4.78 is 5.21. The van der Waals surface area contributed by atoms with Gasteiger partial charge in [0.25, 0.3) is 0 Å². The lowest BCUT2D eigenvalue weighted by atomic mass is 9.84. The number of hydrogen-bond donors (Lipinski definition) is 13. The molecule has 14 rings (SSSR count). The fourth-order valence-corrected chi connectivity index (χ4v) is 20.6. The fourth-order valence-electron chi connectivity index (χ4n) is 20.6. The van der Waals surface area contributed by atoms with Gasteiger partial charge in [0, 0.05) is 58.4 Å². The summed E-state index contributed by atoms with van der Waals surface area (Å²) in [7, 11) is 0. The number of aromatic nitrogens is 2. The molecule has 6 heterocycles. The molecule has 4 aromatic carbocycles. The van der Waals surface area contributed by atoms with Crippen LogP contribution in [0.5, 0.6) is 0 Å². The molecule has 13 N–H and O–H groups in total. The first-order valence-electron chi connectivity index (χ1n) is 43.8. The van der Waals surface area contributed by atoms with Gasteiger partial charge in [-0.05, 0) is 208 Å². The van der Waals surface area contributed by atoms with Crippen LogP contribution in [0.4, 0.5) is 0 Å². The first-order chi connectivity index (χ1) is 58.5. The Balaban J connectivity index is 0.000000159. The number of fused-ring (bicyclic) bond motifs is 6. The van der Waals surface area contributed by atoms with Crippen LogP contribution in [0.1, 0.15) is 198 Å². The van der Waals surface area contributed by atoms with Gasteiger partial charge in [0.2, 0.25) is 23.6 Å². The third kappa shape index (κ3) is 22.6. The quantitative estimate of drug-likeness (QED) is 0.0180. The Morgan fingerprint density at radius 3 is 0.934 bits per heavy atom. The molecule has 4 amide bonds. The number of esters is 1. The van der Waals surface area contributed by atoms with Gasteiger partial charge >= 0.3 is 47.8 Å². The summed E-state index contributed by atoms with van der Waals surface area (Å²) in [4.78, 5) is 161. The maximum atomic E-state index is 13.3. The summed E-state index contributed by atoms with van der Waals surface area (Å²) in [6, 6.07) is 24.6. The van der Waals surface area contributed by atoms with Crippen molar-refractivity contribution in [3.05, 3.63) is 144 Å². The number of aliphatic carboxylic acids is 7. The number of benzene rings is 4. The number of para-hydroxylation sites is 2. The number of amides is 4. The number of aromatic amines is 2. The number of ether oxygens (including phenoxy) is 1. The molecule has 4 aliphatic heterocycles. The van der Waals surface area contributed by atoms with Gasteiger partial charge in [0.05, 0.1) is 30.8 Å². The molecule has 0 spiro atoms. The number of nitrogens with one attached hydrogen (secondary N) is 6. The first kappa shape index (κ1) is 92.2. The zero-order valence-corrected chi connectivity index (χ0v) is 70.4. The van der Waals surface area contributed by atoms with Crippen molar-refractivity contribution in [1.29, 1.82) is 0 Å². The van der Waals surface area contributed by atoms with E-state index in [1.165, 1.54) is 14.7 Å². The van der Waals surface area contributed by atoms with Gasteiger partial charge in [-0.25, -0.2) is 19.2 Å². The largest absolute Gasteiger partial charge is 0.480 e. The van der Waals surface area contributed by atoms with Crippen molar-refractivity contribution in [2.45, 2.75) is 298 Å². The Morgan fingerprint density at radius 1 is 0.369 bits per heavy atom. The van der Waals surface area contributed by atoms with Crippen LogP contribution >= 0.6 is 0 Å². The molecular weight excluding hydrogens is 1570 g/mol. The zero-order valence-electron chi connectivity index (χ0n) is 70.4. The highest BCUT2D eigenvalue weighted by Crippen LogP contribution is 2.44. The van der Waals surface area contributed by atoms with E-state index >= 15 is 0 Å². The second-order valence-corrected chi connectivity index (χ2v) is 34.5. The summed E-state index contributed by atoms with van der Waals surface area (Å²) in [6.07, 6.45) is 23.5. The number of nitrogens with zero attached hydrogens (tertiary/aromatic N) is 4. The number of carbonyl (C=O) groups excluding carboxylic acids is 5. The molecule has 30 nitrogen and oxygen atoms in total. The van der Waals surface area contributed by atoms with E-state index in [0.29, 0.717) is 57.8 Å². The van der Waals surface area contributed by atoms with Crippen molar-refractivity contribution in [3.8, 4) is 0 Å². The average molecular weight is 1690 g/mol. The van der Waals surface area contributed by atoms with Crippen molar-refractivity contribution in [1.82, 2.24) is 50.8 Å². The molecule has 2 aromatic heterocycles. The lowest BCUT2D eigenvalue weighted by Crippen LogP contribution is -2.56. The Morgan fingerprint density at radius 2 is 0.639 bits per heavy atom. The number of rotatable bonds is 31. The second-order valence-electron chi connectivity index (χ2n) is 34.5. The van der Waals surface area contributed by atoms with Crippen LogP contribution in [0, 0.1) is 23.7 Å². The van der Waals surface area contributed by atoms with Crippen LogP contribution in [0.15, 0.2) is 122 Å². The molecular formula is C92H122N10O20. The van der Waals surface area contributed by atoms with Gasteiger partial charge in [0.1, 0.15) is 48.3 Å². The van der Waals surface area contributed by atoms with Crippen LogP contribution in [0.2, 0.25) is 0 Å². The predicted molar refractivity (Wildman–Crippen MR) is 453 cm³/mol. The van der Waals surface area contributed by atoms with E-state index in [-0.39, 0.29) is 84.5 Å². The minimum absolute atomic E-state index is 0.0215. The van der Waals surface area contributed by atoms with Gasteiger partial charge in [-0.1, -0.05) is 148 Å². The highest BCUT2D eigenvalue weighted by atomic mass is 16.5. The van der Waals surface area contributed by atoms with E-state index < -0.39 is 120 Å². The number of carboxylic acids is 7. The van der Waals surface area contributed by atoms with Gasteiger partial charge in [-0.2, -0.15) is 0 Å². The summed E-state index contributed by atoms with van der Waals surface area (Å²) in [5.74, 6) is -7.64. The summed E-state index contributed by atoms with van der Waals surface area (Å²) in [5, 5.41) is 81.9. The standard InChI is InChI=1S/2C24H31N3O5.C23H32N2O5.C21H28N2O5/c2*1-14(22(28)27-20-9-5-2-6-15(20)12-21(27)24(31)32)26-19(23(29)30)11-10-16-13-25-18-8-4-3-7-17(16)18;1-3-30-23(29)18(13-16-9-5-4-6-10-16)24-15(2)21(26)25-19-12-8-7-11-17(19)14-20(25)22(27)28;1-13(22-16(20(25)26)11-14-7-3-2-4-8-14)19(24)23-17-10-6-5-9-15(17)12-18(23)21(27)28/h2*3-4,7-8,13-15,19-21,25-26H,2,5-6,9-12H2,1H3,(H,29,30)(H,31,32);4-6,9-10,15,17-20,24H,3,7-8,11-14H2,1-2H3,(H,27,28);2-4,7-8,13,15-18,22H,5-6,9-12H2,1H3,(H,25,26)(H,27,28)/t2*14-,15+,19-,20-,21-;15-,17+,18-,19-,20-;13-,15+,16-,17-,18-/m0000/s1. The number of likely N-dealkylation sites (tertiary alicyclic amines) is 4. The summed E-state index contributed by atoms with van der Waals surface area (Å²) >= 11 is 0. The van der Waals surface area contributed by atoms with Crippen molar-refractivity contribution < 1.29 is 98.0 Å². The Labute approximate surface area is 711 Å². The summed E-state index contributed by atoms with van der Waals surface area (Å²) in [6.45, 7) is 8.60. The molecule has 4 saturated carbocycles. The highest BCUT2D eigenvalue weighted by Gasteiger charge is 2.53. The monoisotopic (exact) mass is 1690 g/mol. The predicted octanol–water partition coefficient (Wildman–Crippen LogP) is 9.84. The molecule has 0 unspecified atom stereocenters. The normalized spacial score (nSPS) is 25.3. The molecule has 6 aromatic rings. The van der Waals surface area contributed by atoms with Gasteiger partial charge in [-0.15, -0.1) is 0 Å². The lowest BCUT2D eigenvalue weighted by molar-refractivity contribution is -0.151. The molecule has 4 aliphatic carbocycles. The summed E-state index contributed by atoms with van der Waals surface area (Å²) in [5.41, 5.74) is 5.88. The van der Waals surface area contributed by atoms with Gasteiger partial charge in [-0.3, -0.25) is 59.6 Å². The number of aryl methyl sites for hydroxylation is 2. The Hall–Kier alpha value is -10.6. The maximum Gasteiger partial charge on any atom is 0.326 e. The van der Waals surface area contributed by atoms with E-state index in [9.17, 15) is 93.3 Å². The third-order valence-electron chi connectivity index (χ3n) is 26.6. The van der Waals surface area contributed by atoms with Crippen molar-refractivity contribution in [3.63, 3.8) is 0 Å². The number of carbonyl (C=O) groups is 12. The number of hydrogen-bond acceptors (Lipinski definition) is 17. The van der Waals surface area contributed by atoms with E-state index in [2.05, 4.69) is 31.2 Å². The molecule has 0 radical (unpaired) electrons. The van der Waals surface area contributed by atoms with Crippen molar-refractivity contribution in [2.75, 3.05) is 6.61 Å². The first-order valence-corrected chi connectivity index (χ1v) is 43.8. The molecule has 0 bridgehead atoms. The van der Waals surface area contributed by atoms with E-state index in [1.54, 1.807) is 39.5 Å². The molecule has 30 heteroatoms. The molecule has 4 saturated heterocycles. The third-order valence-corrected chi connectivity index (χ3v) is 26.6.